The number of nitrogens with zero attached hydrogens (tertiary/aromatic N) is 4. The summed E-state index contributed by atoms with van der Waals surface area (Å²) in [6, 6.07) is 10.1. The Morgan fingerprint density at radius 3 is 2.72 bits per heavy atom. The molecule has 3 heterocycles. The molecular weight excluding hydrogens is 338 g/mol. The van der Waals surface area contributed by atoms with E-state index >= 15 is 0 Å². The van der Waals surface area contributed by atoms with Gasteiger partial charge in [0.25, 0.3) is 0 Å². The van der Waals surface area contributed by atoms with E-state index in [9.17, 15) is 8.42 Å². The first-order chi connectivity index (χ1) is 12.0. The maximum Gasteiger partial charge on any atom is 0.211 e. The molecule has 0 saturated heterocycles. The van der Waals surface area contributed by atoms with Crippen LogP contribution in [-0.4, -0.2) is 45.3 Å². The average Bonchev–Trinajstić information content (AvgIpc) is 3.23. The van der Waals surface area contributed by atoms with E-state index in [0.717, 1.165) is 22.5 Å². The van der Waals surface area contributed by atoms with E-state index in [1.54, 1.807) is 12.4 Å². The van der Waals surface area contributed by atoms with Crippen molar-refractivity contribution in [2.24, 2.45) is 0 Å². The summed E-state index contributed by atoms with van der Waals surface area (Å²) in [5.41, 5.74) is 3.89. The summed E-state index contributed by atoms with van der Waals surface area (Å²) >= 11 is 0. The molecular formula is C17H19N5O2S. The fraction of sp³-hybridized carbons (Fsp3) is 0.294. The average molecular weight is 357 g/mol. The number of aromatic amines is 1. The first-order valence-electron chi connectivity index (χ1n) is 8.10. The van der Waals surface area contributed by atoms with Crippen LogP contribution in [0.4, 0.5) is 0 Å². The lowest BCUT2D eigenvalue weighted by Crippen LogP contribution is -2.35. The molecule has 0 atom stereocenters. The van der Waals surface area contributed by atoms with Gasteiger partial charge in [0.05, 0.1) is 12.8 Å². The van der Waals surface area contributed by atoms with Crippen LogP contribution in [0.2, 0.25) is 0 Å². The zero-order chi connectivity index (χ0) is 17.4. The lowest BCUT2D eigenvalue weighted by atomic mass is 10.1. The molecule has 0 spiro atoms. The Morgan fingerprint density at radius 2 is 2.04 bits per heavy atom. The van der Waals surface area contributed by atoms with Gasteiger partial charge in [0, 0.05) is 43.2 Å². The van der Waals surface area contributed by atoms with Crippen molar-refractivity contribution < 1.29 is 8.42 Å². The quantitative estimate of drug-likeness (QED) is 0.769. The van der Waals surface area contributed by atoms with Crippen molar-refractivity contribution in [3.63, 3.8) is 0 Å². The van der Waals surface area contributed by atoms with Gasteiger partial charge in [0.15, 0.2) is 5.82 Å². The third-order valence-electron chi connectivity index (χ3n) is 4.47. The molecule has 1 N–H and O–H groups in total. The van der Waals surface area contributed by atoms with Crippen LogP contribution in [0, 0.1) is 0 Å². The van der Waals surface area contributed by atoms with Crippen molar-refractivity contribution in [2.75, 3.05) is 12.8 Å². The smallest absolute Gasteiger partial charge is 0.211 e. The molecule has 0 fully saturated rings. The Hall–Kier alpha value is -2.45. The van der Waals surface area contributed by atoms with Crippen LogP contribution in [-0.2, 0) is 29.5 Å². The van der Waals surface area contributed by atoms with E-state index in [1.165, 1.54) is 10.6 Å². The van der Waals surface area contributed by atoms with Gasteiger partial charge in [-0.25, -0.2) is 13.4 Å². The molecule has 25 heavy (non-hydrogen) atoms. The number of benzene rings is 1. The van der Waals surface area contributed by atoms with E-state index in [1.807, 2.05) is 22.9 Å². The van der Waals surface area contributed by atoms with Crippen molar-refractivity contribution >= 4 is 10.0 Å². The highest BCUT2D eigenvalue weighted by molar-refractivity contribution is 7.88. The van der Waals surface area contributed by atoms with E-state index in [0.29, 0.717) is 31.9 Å². The van der Waals surface area contributed by atoms with Crippen LogP contribution in [0.3, 0.4) is 0 Å². The van der Waals surface area contributed by atoms with Gasteiger partial charge >= 0.3 is 0 Å². The normalized spacial score (nSPS) is 15.2. The van der Waals surface area contributed by atoms with Gasteiger partial charge in [-0.3, -0.25) is 4.68 Å². The summed E-state index contributed by atoms with van der Waals surface area (Å²) in [4.78, 5) is 7.38. The summed E-state index contributed by atoms with van der Waals surface area (Å²) in [6.07, 6.45) is 5.31. The van der Waals surface area contributed by atoms with E-state index in [2.05, 4.69) is 22.1 Å². The number of imidazole rings is 1. The van der Waals surface area contributed by atoms with Gasteiger partial charge in [-0.05, 0) is 5.56 Å². The van der Waals surface area contributed by atoms with Crippen molar-refractivity contribution in [1.29, 1.82) is 0 Å². The lowest BCUT2D eigenvalue weighted by Gasteiger charge is -2.25. The summed E-state index contributed by atoms with van der Waals surface area (Å²) in [5, 5.41) is 4.75. The zero-order valence-electron chi connectivity index (χ0n) is 13.9. The summed E-state index contributed by atoms with van der Waals surface area (Å²) < 4.78 is 27.4. The minimum absolute atomic E-state index is 0.332. The van der Waals surface area contributed by atoms with E-state index in [4.69, 9.17) is 5.10 Å². The minimum Gasteiger partial charge on any atom is -0.343 e. The third-order valence-corrected chi connectivity index (χ3v) is 5.72. The molecule has 1 aromatic carbocycles. The number of sulfonamides is 1. The molecule has 1 aliphatic heterocycles. The lowest BCUT2D eigenvalue weighted by molar-refractivity contribution is 0.388. The maximum absolute atomic E-state index is 12.0. The topological polar surface area (TPSA) is 83.9 Å². The SMILES string of the molecule is CS(=O)(=O)N1CCc2c(c(-c3ncc[nH]3)nn2Cc2ccccc2)C1. The molecule has 0 unspecified atom stereocenters. The number of rotatable bonds is 4. The highest BCUT2D eigenvalue weighted by Crippen LogP contribution is 2.29. The molecule has 0 bridgehead atoms. The molecule has 0 amide bonds. The second-order valence-electron chi connectivity index (χ2n) is 6.20. The van der Waals surface area contributed by atoms with Gasteiger partial charge in [-0.15, -0.1) is 0 Å². The Labute approximate surface area is 146 Å². The predicted molar refractivity (Wildman–Crippen MR) is 94.3 cm³/mol. The monoisotopic (exact) mass is 357 g/mol. The number of nitrogens with one attached hydrogen (secondary N) is 1. The molecule has 0 saturated carbocycles. The fourth-order valence-corrected chi connectivity index (χ4v) is 4.01. The fourth-order valence-electron chi connectivity index (χ4n) is 3.22. The Balaban J connectivity index is 1.78. The van der Waals surface area contributed by atoms with Crippen molar-refractivity contribution in [2.45, 2.75) is 19.5 Å². The number of aromatic nitrogens is 4. The molecule has 8 heteroatoms. The Morgan fingerprint density at radius 1 is 1.24 bits per heavy atom. The second-order valence-corrected chi connectivity index (χ2v) is 8.18. The molecule has 130 valence electrons. The first kappa shape index (κ1) is 16.0. The van der Waals surface area contributed by atoms with E-state index in [-0.39, 0.29) is 0 Å². The van der Waals surface area contributed by atoms with Crippen LogP contribution < -0.4 is 0 Å². The van der Waals surface area contributed by atoms with Gasteiger partial charge in [-0.2, -0.15) is 9.40 Å². The molecule has 3 aromatic rings. The summed E-state index contributed by atoms with van der Waals surface area (Å²) in [6.45, 7) is 1.46. The van der Waals surface area contributed by atoms with Crippen LogP contribution in [0.5, 0.6) is 0 Å². The molecule has 0 aliphatic carbocycles. The van der Waals surface area contributed by atoms with Gasteiger partial charge in [0.2, 0.25) is 10.0 Å². The maximum atomic E-state index is 12.0. The van der Waals surface area contributed by atoms with Crippen LogP contribution in [0.25, 0.3) is 11.5 Å². The summed E-state index contributed by atoms with van der Waals surface area (Å²) in [5.74, 6) is 0.665. The van der Waals surface area contributed by atoms with Gasteiger partial charge in [-0.1, -0.05) is 30.3 Å². The summed E-state index contributed by atoms with van der Waals surface area (Å²) in [7, 11) is -3.24. The first-order valence-corrected chi connectivity index (χ1v) is 9.94. The van der Waals surface area contributed by atoms with Gasteiger partial charge in [0.1, 0.15) is 5.69 Å². The zero-order valence-corrected chi connectivity index (χ0v) is 14.7. The van der Waals surface area contributed by atoms with Crippen molar-refractivity contribution in [1.82, 2.24) is 24.1 Å². The van der Waals surface area contributed by atoms with Crippen LogP contribution in [0.1, 0.15) is 16.8 Å². The largest absolute Gasteiger partial charge is 0.343 e. The number of hydrogen-bond donors (Lipinski definition) is 1. The number of H-pyrrole nitrogens is 1. The van der Waals surface area contributed by atoms with E-state index < -0.39 is 10.0 Å². The predicted octanol–water partition coefficient (Wildman–Crippen LogP) is 1.64. The number of hydrogen-bond acceptors (Lipinski definition) is 4. The third kappa shape index (κ3) is 3.10. The van der Waals surface area contributed by atoms with Crippen molar-refractivity contribution in [3.05, 3.63) is 59.5 Å². The standard InChI is InChI=1S/C17H19N5O2S/c1-25(23,24)21-10-7-15-14(12-21)16(17-18-8-9-19-17)20-22(15)11-13-5-3-2-4-6-13/h2-6,8-9H,7,10-12H2,1H3,(H,18,19). The minimum atomic E-state index is -3.24. The van der Waals surface area contributed by atoms with Crippen LogP contribution in [0.15, 0.2) is 42.7 Å². The Kier molecular flexibility index (Phi) is 3.93. The molecule has 0 radical (unpaired) electrons. The van der Waals surface area contributed by atoms with Crippen LogP contribution >= 0.6 is 0 Å². The van der Waals surface area contributed by atoms with Gasteiger partial charge < -0.3 is 4.98 Å². The molecule has 4 rings (SSSR count). The van der Waals surface area contributed by atoms with Crippen molar-refractivity contribution in [3.8, 4) is 11.5 Å². The highest BCUT2D eigenvalue weighted by Gasteiger charge is 2.30. The molecule has 7 nitrogen and oxygen atoms in total. The second kappa shape index (κ2) is 6.12. The molecule has 1 aliphatic rings. The number of fused-ring (bicyclic) bond motifs is 1. The molecule has 2 aromatic heterocycles. The Bertz CT molecular complexity index is 978. The highest BCUT2D eigenvalue weighted by atomic mass is 32.2.